The van der Waals surface area contributed by atoms with Gasteiger partial charge in [0.25, 0.3) is 11.8 Å². The monoisotopic (exact) mass is 472 g/mol. The third kappa shape index (κ3) is 6.77. The molecule has 178 valence electrons. The number of rotatable bonds is 9. The maximum atomic E-state index is 13.3. The van der Waals surface area contributed by atoms with Crippen LogP contribution >= 0.6 is 11.3 Å². The van der Waals surface area contributed by atoms with Crippen LogP contribution in [0.5, 0.6) is 0 Å². The second-order valence-electron chi connectivity index (χ2n) is 8.51. The normalized spacial score (nSPS) is 13.7. The van der Waals surface area contributed by atoms with Crippen LogP contribution in [-0.2, 0) is 17.6 Å². The molecule has 0 spiro atoms. The number of anilines is 1. The Balaban J connectivity index is 1.77. The Morgan fingerprint density at radius 1 is 1.18 bits per heavy atom. The van der Waals surface area contributed by atoms with Crippen LogP contribution in [0.3, 0.4) is 0 Å². The van der Waals surface area contributed by atoms with Crippen molar-refractivity contribution in [3.63, 3.8) is 0 Å². The van der Waals surface area contributed by atoms with E-state index in [0.717, 1.165) is 36.1 Å². The fraction of sp³-hybridized carbons (Fsp3) is 0.500. The predicted octanol–water partition coefficient (Wildman–Crippen LogP) is 4.16. The molecule has 2 heterocycles. The van der Waals surface area contributed by atoms with Crippen LogP contribution in [0.15, 0.2) is 24.5 Å². The molecule has 2 aromatic heterocycles. The number of carbonyl (C=O) groups is 3. The molecule has 33 heavy (non-hydrogen) atoms. The third-order valence-corrected chi connectivity index (χ3v) is 6.62. The molecule has 2 aromatic rings. The number of hydrogen-bond acceptors (Lipinski definition) is 6. The Morgan fingerprint density at radius 2 is 1.97 bits per heavy atom. The Kier molecular flexibility index (Phi) is 8.82. The molecule has 0 saturated carbocycles. The van der Waals surface area contributed by atoms with Gasteiger partial charge < -0.3 is 20.7 Å². The van der Waals surface area contributed by atoms with Crippen LogP contribution < -0.4 is 16.0 Å². The van der Waals surface area contributed by atoms with E-state index in [-0.39, 0.29) is 31.0 Å². The standard InChI is InChI=1S/C24H32N4O4S/c1-4-32-24(31)27-17(12-15(2)3)14-26-22(30)20-18-9-5-6-10-19(18)33-23(20)28-21(29)16-8-7-11-25-13-16/h7-8,11,13,15,17H,4-6,9-10,12,14H2,1-3H3,(H,26,30)(H,27,31)(H,28,29). The van der Waals surface area contributed by atoms with Crippen molar-refractivity contribution in [3.05, 3.63) is 46.1 Å². The van der Waals surface area contributed by atoms with E-state index in [1.807, 2.05) is 0 Å². The van der Waals surface area contributed by atoms with Gasteiger partial charge in [-0.2, -0.15) is 0 Å². The minimum absolute atomic E-state index is 0.240. The summed E-state index contributed by atoms with van der Waals surface area (Å²) in [5.41, 5.74) is 1.99. The van der Waals surface area contributed by atoms with Crippen molar-refractivity contribution in [1.29, 1.82) is 0 Å². The number of pyridine rings is 1. The average molecular weight is 473 g/mol. The summed E-state index contributed by atoms with van der Waals surface area (Å²) < 4.78 is 5.00. The summed E-state index contributed by atoms with van der Waals surface area (Å²) in [5.74, 6) is -0.204. The highest BCUT2D eigenvalue weighted by molar-refractivity contribution is 7.17. The van der Waals surface area contributed by atoms with Crippen LogP contribution in [0.25, 0.3) is 0 Å². The summed E-state index contributed by atoms with van der Waals surface area (Å²) >= 11 is 1.47. The van der Waals surface area contributed by atoms with Crippen molar-refractivity contribution in [2.75, 3.05) is 18.5 Å². The lowest BCUT2D eigenvalue weighted by Gasteiger charge is -2.21. The molecule has 0 bridgehead atoms. The van der Waals surface area contributed by atoms with Gasteiger partial charge in [0.15, 0.2) is 0 Å². The SMILES string of the molecule is CCOC(=O)NC(CNC(=O)c1c(NC(=O)c2cccnc2)sc2c1CCCC2)CC(C)C. The fourth-order valence-corrected chi connectivity index (χ4v) is 5.25. The fourth-order valence-electron chi connectivity index (χ4n) is 3.97. The van der Waals surface area contributed by atoms with Crippen molar-refractivity contribution in [3.8, 4) is 0 Å². The molecule has 8 nitrogen and oxygen atoms in total. The zero-order valence-electron chi connectivity index (χ0n) is 19.4. The van der Waals surface area contributed by atoms with E-state index in [1.54, 1.807) is 25.3 Å². The first-order valence-electron chi connectivity index (χ1n) is 11.5. The van der Waals surface area contributed by atoms with E-state index < -0.39 is 6.09 Å². The number of ether oxygens (including phenoxy) is 1. The first-order chi connectivity index (χ1) is 15.9. The molecule has 3 N–H and O–H groups in total. The molecule has 1 atom stereocenters. The summed E-state index contributed by atoms with van der Waals surface area (Å²) in [5, 5.41) is 9.29. The molecule has 1 unspecified atom stereocenters. The zero-order chi connectivity index (χ0) is 23.8. The lowest BCUT2D eigenvalue weighted by atomic mass is 9.95. The molecular weight excluding hydrogens is 440 g/mol. The van der Waals surface area contributed by atoms with E-state index in [9.17, 15) is 14.4 Å². The van der Waals surface area contributed by atoms with Crippen LogP contribution in [0.2, 0.25) is 0 Å². The van der Waals surface area contributed by atoms with E-state index in [0.29, 0.717) is 28.5 Å². The summed E-state index contributed by atoms with van der Waals surface area (Å²) in [4.78, 5) is 43.1. The smallest absolute Gasteiger partial charge is 0.407 e. The predicted molar refractivity (Wildman–Crippen MR) is 129 cm³/mol. The summed E-state index contributed by atoms with van der Waals surface area (Å²) in [6.45, 7) is 6.43. The molecular formula is C24H32N4O4S. The van der Waals surface area contributed by atoms with Gasteiger partial charge in [0.2, 0.25) is 0 Å². The first kappa shape index (κ1) is 24.7. The molecule has 1 aliphatic carbocycles. The minimum atomic E-state index is -0.491. The van der Waals surface area contributed by atoms with E-state index in [2.05, 4.69) is 34.8 Å². The van der Waals surface area contributed by atoms with Crippen LogP contribution in [0, 0.1) is 5.92 Å². The summed E-state index contributed by atoms with van der Waals surface area (Å²) in [6, 6.07) is 3.14. The van der Waals surface area contributed by atoms with E-state index in [1.165, 1.54) is 17.5 Å². The number of carbonyl (C=O) groups excluding carboxylic acids is 3. The van der Waals surface area contributed by atoms with Crippen LogP contribution in [0.1, 0.15) is 71.2 Å². The van der Waals surface area contributed by atoms with Gasteiger partial charge in [0.1, 0.15) is 5.00 Å². The van der Waals surface area contributed by atoms with Crippen molar-refractivity contribution in [2.45, 2.75) is 58.9 Å². The Hall–Kier alpha value is -2.94. The quantitative estimate of drug-likeness (QED) is 0.508. The Morgan fingerprint density at radius 3 is 2.67 bits per heavy atom. The topological polar surface area (TPSA) is 109 Å². The number of hydrogen-bond donors (Lipinski definition) is 3. The molecule has 9 heteroatoms. The van der Waals surface area contributed by atoms with Gasteiger partial charge >= 0.3 is 6.09 Å². The zero-order valence-corrected chi connectivity index (χ0v) is 20.2. The van der Waals surface area contributed by atoms with Gasteiger partial charge in [-0.3, -0.25) is 14.6 Å². The number of aromatic nitrogens is 1. The number of fused-ring (bicyclic) bond motifs is 1. The van der Waals surface area contributed by atoms with Gasteiger partial charge in [-0.05, 0) is 62.6 Å². The second kappa shape index (κ2) is 11.8. The molecule has 0 fully saturated rings. The first-order valence-corrected chi connectivity index (χ1v) is 12.3. The van der Waals surface area contributed by atoms with Crippen molar-refractivity contribution in [2.24, 2.45) is 5.92 Å². The Labute approximate surface area is 198 Å². The van der Waals surface area contributed by atoms with Crippen LogP contribution in [-0.4, -0.2) is 42.1 Å². The number of alkyl carbamates (subject to hydrolysis) is 1. The highest BCUT2D eigenvalue weighted by atomic mass is 32.1. The number of aryl methyl sites for hydroxylation is 1. The van der Waals surface area contributed by atoms with Gasteiger partial charge in [-0.1, -0.05) is 13.8 Å². The lowest BCUT2D eigenvalue weighted by molar-refractivity contribution is 0.0944. The second-order valence-corrected chi connectivity index (χ2v) is 9.62. The molecule has 1 aliphatic rings. The van der Waals surface area contributed by atoms with Gasteiger partial charge in [0, 0.05) is 29.9 Å². The largest absolute Gasteiger partial charge is 0.450 e. The van der Waals surface area contributed by atoms with Gasteiger partial charge in [-0.15, -0.1) is 11.3 Å². The molecule has 0 aliphatic heterocycles. The van der Waals surface area contributed by atoms with Crippen LogP contribution in [0.4, 0.5) is 9.80 Å². The highest BCUT2D eigenvalue weighted by Gasteiger charge is 2.27. The number of nitrogens with one attached hydrogen (secondary N) is 3. The van der Waals surface area contributed by atoms with Crippen molar-refractivity contribution >= 4 is 34.2 Å². The maximum Gasteiger partial charge on any atom is 0.407 e. The minimum Gasteiger partial charge on any atom is -0.450 e. The molecule has 0 saturated heterocycles. The highest BCUT2D eigenvalue weighted by Crippen LogP contribution is 2.38. The maximum absolute atomic E-state index is 13.3. The summed E-state index contributed by atoms with van der Waals surface area (Å²) in [6.07, 6.45) is 7.13. The average Bonchev–Trinajstić information content (AvgIpc) is 3.15. The molecule has 3 rings (SSSR count). The summed E-state index contributed by atoms with van der Waals surface area (Å²) in [7, 11) is 0. The molecule has 0 aromatic carbocycles. The Bertz CT molecular complexity index is 974. The number of nitrogens with zero attached hydrogens (tertiary/aromatic N) is 1. The van der Waals surface area contributed by atoms with Crippen molar-refractivity contribution < 1.29 is 19.1 Å². The lowest BCUT2D eigenvalue weighted by Crippen LogP contribution is -2.44. The van der Waals surface area contributed by atoms with E-state index >= 15 is 0 Å². The van der Waals surface area contributed by atoms with Gasteiger partial charge in [0.05, 0.1) is 17.7 Å². The number of thiophene rings is 1. The third-order valence-electron chi connectivity index (χ3n) is 5.41. The molecule has 0 radical (unpaired) electrons. The molecule has 3 amide bonds. The van der Waals surface area contributed by atoms with Crippen molar-refractivity contribution in [1.82, 2.24) is 15.6 Å². The van der Waals surface area contributed by atoms with E-state index in [4.69, 9.17) is 4.74 Å². The number of amides is 3. The van der Waals surface area contributed by atoms with Gasteiger partial charge in [-0.25, -0.2) is 4.79 Å².